The monoisotopic (exact) mass is 291 g/mol. The summed E-state index contributed by atoms with van der Waals surface area (Å²) in [5.41, 5.74) is 1.15. The summed E-state index contributed by atoms with van der Waals surface area (Å²) in [6.45, 7) is 1.75. The molecule has 2 unspecified atom stereocenters. The Morgan fingerprint density at radius 1 is 1.19 bits per heavy atom. The normalized spacial score (nSPS) is 22.3. The molecule has 5 heteroatoms. The Hall–Kier alpha value is -2.04. The number of aromatic hydroxyl groups is 1. The molecule has 3 N–H and O–H groups in total. The van der Waals surface area contributed by atoms with E-state index in [9.17, 15) is 19.8 Å². The first-order valence-electron chi connectivity index (χ1n) is 7.32. The highest BCUT2D eigenvalue weighted by Crippen LogP contribution is 2.24. The minimum Gasteiger partial charge on any atom is -0.508 e. The van der Waals surface area contributed by atoms with Crippen LogP contribution < -0.4 is 5.32 Å². The van der Waals surface area contributed by atoms with Crippen molar-refractivity contribution in [3.8, 4) is 5.75 Å². The van der Waals surface area contributed by atoms with Gasteiger partial charge in [-0.3, -0.25) is 9.59 Å². The molecule has 1 aliphatic rings. The van der Waals surface area contributed by atoms with E-state index in [-0.39, 0.29) is 17.7 Å². The highest BCUT2D eigenvalue weighted by atomic mass is 16.4. The van der Waals surface area contributed by atoms with Gasteiger partial charge >= 0.3 is 5.97 Å². The second-order valence-corrected chi connectivity index (χ2v) is 5.66. The highest BCUT2D eigenvalue weighted by molar-refractivity contribution is 5.96. The summed E-state index contributed by atoms with van der Waals surface area (Å²) in [6, 6.07) is 4.22. The van der Waals surface area contributed by atoms with Crippen LogP contribution in [0.15, 0.2) is 18.2 Å². The number of phenolic OH excluding ortho intramolecular Hbond substituents is 1. The molecule has 114 valence electrons. The average Bonchev–Trinajstić information content (AvgIpc) is 2.63. The number of carbonyl (C=O) groups excluding carboxylic acids is 1. The average molecular weight is 291 g/mol. The largest absolute Gasteiger partial charge is 0.508 e. The molecule has 0 radical (unpaired) electrons. The number of amides is 1. The Morgan fingerprint density at radius 3 is 2.57 bits per heavy atom. The maximum atomic E-state index is 12.3. The third-order valence-electron chi connectivity index (χ3n) is 4.10. The number of hydrogen-bond acceptors (Lipinski definition) is 3. The molecule has 5 nitrogen and oxygen atoms in total. The van der Waals surface area contributed by atoms with Crippen molar-refractivity contribution >= 4 is 11.9 Å². The van der Waals surface area contributed by atoms with Gasteiger partial charge in [-0.25, -0.2) is 0 Å². The van der Waals surface area contributed by atoms with Gasteiger partial charge in [0.25, 0.3) is 5.91 Å². The number of aryl methyl sites for hydroxylation is 1. The van der Waals surface area contributed by atoms with Gasteiger partial charge in [-0.2, -0.15) is 0 Å². The second-order valence-electron chi connectivity index (χ2n) is 5.66. The predicted octanol–water partition coefficient (Wildman–Crippen LogP) is 2.46. The Morgan fingerprint density at radius 2 is 1.90 bits per heavy atom. The van der Waals surface area contributed by atoms with Crippen LogP contribution in [-0.4, -0.2) is 28.1 Å². The van der Waals surface area contributed by atoms with Gasteiger partial charge in [-0.15, -0.1) is 0 Å². The minimum absolute atomic E-state index is 0.113. The summed E-state index contributed by atoms with van der Waals surface area (Å²) in [5, 5.41) is 21.6. The van der Waals surface area contributed by atoms with E-state index in [1.807, 2.05) is 0 Å². The fraction of sp³-hybridized carbons (Fsp3) is 0.500. The number of hydrogen-bond donors (Lipinski definition) is 3. The fourth-order valence-corrected chi connectivity index (χ4v) is 2.92. The van der Waals surface area contributed by atoms with Crippen LogP contribution in [0.2, 0.25) is 0 Å². The molecule has 0 aliphatic heterocycles. The second kappa shape index (κ2) is 6.61. The van der Waals surface area contributed by atoms with Crippen molar-refractivity contribution in [2.24, 2.45) is 5.92 Å². The molecule has 1 fully saturated rings. The predicted molar refractivity (Wildman–Crippen MR) is 78.3 cm³/mol. The van der Waals surface area contributed by atoms with Crippen LogP contribution in [0.5, 0.6) is 5.75 Å². The van der Waals surface area contributed by atoms with E-state index in [1.54, 1.807) is 13.0 Å². The molecule has 21 heavy (non-hydrogen) atoms. The van der Waals surface area contributed by atoms with Gasteiger partial charge in [0, 0.05) is 11.6 Å². The summed E-state index contributed by atoms with van der Waals surface area (Å²) in [5.74, 6) is -1.52. The van der Waals surface area contributed by atoms with E-state index >= 15 is 0 Å². The molecule has 1 amide bonds. The molecule has 0 heterocycles. The summed E-state index contributed by atoms with van der Waals surface area (Å²) < 4.78 is 0. The Labute approximate surface area is 124 Å². The number of phenols is 1. The van der Waals surface area contributed by atoms with Crippen molar-refractivity contribution in [2.45, 2.75) is 45.1 Å². The van der Waals surface area contributed by atoms with Crippen LogP contribution >= 0.6 is 0 Å². The van der Waals surface area contributed by atoms with Gasteiger partial charge in [0.2, 0.25) is 0 Å². The zero-order valence-electron chi connectivity index (χ0n) is 12.1. The van der Waals surface area contributed by atoms with Crippen molar-refractivity contribution < 1.29 is 19.8 Å². The van der Waals surface area contributed by atoms with Crippen molar-refractivity contribution in [3.05, 3.63) is 29.3 Å². The molecule has 2 atom stereocenters. The van der Waals surface area contributed by atoms with Crippen molar-refractivity contribution in [1.82, 2.24) is 5.32 Å². The number of carbonyl (C=O) groups is 2. The maximum absolute atomic E-state index is 12.3. The molecule has 1 saturated carbocycles. The Bertz CT molecular complexity index is 541. The molecule has 1 aromatic carbocycles. The quantitative estimate of drug-likeness (QED) is 0.747. The van der Waals surface area contributed by atoms with Gasteiger partial charge in [0.05, 0.1) is 5.92 Å². The van der Waals surface area contributed by atoms with E-state index in [4.69, 9.17) is 0 Å². The molecular weight excluding hydrogens is 270 g/mol. The van der Waals surface area contributed by atoms with Crippen LogP contribution in [0.3, 0.4) is 0 Å². The molecular formula is C16H21NO4. The van der Waals surface area contributed by atoms with E-state index in [1.165, 1.54) is 12.1 Å². The maximum Gasteiger partial charge on any atom is 0.308 e. The molecule has 0 bridgehead atoms. The Balaban J connectivity index is 2.14. The molecule has 0 aromatic heterocycles. The lowest BCUT2D eigenvalue weighted by Gasteiger charge is -2.23. The first-order chi connectivity index (χ1) is 9.99. The third kappa shape index (κ3) is 3.74. The summed E-state index contributed by atoms with van der Waals surface area (Å²) in [7, 11) is 0. The van der Waals surface area contributed by atoms with Gasteiger partial charge in [0.15, 0.2) is 0 Å². The zero-order valence-corrected chi connectivity index (χ0v) is 12.1. The van der Waals surface area contributed by atoms with Gasteiger partial charge in [-0.1, -0.05) is 19.3 Å². The zero-order chi connectivity index (χ0) is 15.4. The first-order valence-corrected chi connectivity index (χ1v) is 7.32. The van der Waals surface area contributed by atoms with E-state index < -0.39 is 11.9 Å². The number of aliphatic carboxylic acids is 1. The molecule has 1 aliphatic carbocycles. The number of benzene rings is 1. The molecule has 1 aromatic rings. The standard InChI is InChI=1S/C16H21NO4/c1-10-9-11(18)7-8-12(10)15(19)17-14-6-4-2-3-5-13(14)16(20)21/h7-9,13-14,18H,2-6H2,1H3,(H,17,19)(H,20,21). The van der Waals surface area contributed by atoms with Crippen LogP contribution in [0.1, 0.15) is 48.0 Å². The van der Waals surface area contributed by atoms with E-state index in [2.05, 4.69) is 5.32 Å². The molecule has 0 spiro atoms. The Kier molecular flexibility index (Phi) is 4.83. The van der Waals surface area contributed by atoms with Crippen LogP contribution in [0, 0.1) is 12.8 Å². The lowest BCUT2D eigenvalue weighted by atomic mass is 9.94. The SMILES string of the molecule is Cc1cc(O)ccc1C(=O)NC1CCCCCC1C(=O)O. The van der Waals surface area contributed by atoms with E-state index in [0.29, 0.717) is 24.0 Å². The van der Waals surface area contributed by atoms with Gasteiger partial charge < -0.3 is 15.5 Å². The summed E-state index contributed by atoms with van der Waals surface area (Å²) >= 11 is 0. The van der Waals surface area contributed by atoms with Gasteiger partial charge in [-0.05, 0) is 43.5 Å². The topological polar surface area (TPSA) is 86.6 Å². The summed E-state index contributed by atoms with van der Waals surface area (Å²) in [4.78, 5) is 23.7. The lowest BCUT2D eigenvalue weighted by Crippen LogP contribution is -2.43. The van der Waals surface area contributed by atoms with Gasteiger partial charge in [0.1, 0.15) is 5.75 Å². The highest BCUT2D eigenvalue weighted by Gasteiger charge is 2.30. The van der Waals surface area contributed by atoms with Crippen molar-refractivity contribution in [2.75, 3.05) is 0 Å². The lowest BCUT2D eigenvalue weighted by molar-refractivity contribution is -0.142. The summed E-state index contributed by atoms with van der Waals surface area (Å²) in [6.07, 6.45) is 4.13. The van der Waals surface area contributed by atoms with Crippen LogP contribution in [-0.2, 0) is 4.79 Å². The number of rotatable bonds is 3. The third-order valence-corrected chi connectivity index (χ3v) is 4.10. The smallest absolute Gasteiger partial charge is 0.308 e. The fourth-order valence-electron chi connectivity index (χ4n) is 2.92. The first kappa shape index (κ1) is 15.4. The van der Waals surface area contributed by atoms with E-state index in [0.717, 1.165) is 19.3 Å². The molecule has 0 saturated heterocycles. The minimum atomic E-state index is -0.843. The van der Waals surface area contributed by atoms with Crippen molar-refractivity contribution in [1.29, 1.82) is 0 Å². The number of carboxylic acids is 1. The van der Waals surface area contributed by atoms with Crippen LogP contribution in [0.4, 0.5) is 0 Å². The van der Waals surface area contributed by atoms with Crippen LogP contribution in [0.25, 0.3) is 0 Å². The van der Waals surface area contributed by atoms with Crippen molar-refractivity contribution in [3.63, 3.8) is 0 Å². The molecule has 2 rings (SSSR count). The number of nitrogens with one attached hydrogen (secondary N) is 1. The number of carboxylic acid groups (broad SMARTS) is 1.